The van der Waals surface area contributed by atoms with E-state index in [0.29, 0.717) is 61.9 Å². The number of nitrogens with zero attached hydrogens (tertiary/aromatic N) is 4. The fraction of sp³-hybridized carbons (Fsp3) is 0.415. The summed E-state index contributed by atoms with van der Waals surface area (Å²) >= 11 is 0. The van der Waals surface area contributed by atoms with Crippen LogP contribution in [-0.2, 0) is 30.9 Å². The van der Waals surface area contributed by atoms with E-state index in [4.69, 9.17) is 23.6 Å². The van der Waals surface area contributed by atoms with Crippen LogP contribution in [0.4, 0.5) is 10.3 Å². The number of furan rings is 1. The van der Waals surface area contributed by atoms with Crippen LogP contribution < -0.4 is 19.1 Å². The van der Waals surface area contributed by atoms with Gasteiger partial charge in [-0.15, -0.1) is 0 Å². The molecule has 2 saturated heterocycles. The number of amides is 1. The molecule has 1 amide bonds. The number of fused-ring (bicyclic) bond motifs is 1. The molecule has 0 radical (unpaired) electrons. The molecule has 3 aromatic carbocycles. The molecule has 7 rings (SSSR count). The highest BCUT2D eigenvalue weighted by atomic mass is 19.1. The van der Waals surface area contributed by atoms with Crippen molar-refractivity contribution in [1.82, 2.24) is 19.8 Å². The maximum atomic E-state index is 14.5. The Balaban J connectivity index is 1.06. The van der Waals surface area contributed by atoms with E-state index in [-0.39, 0.29) is 24.4 Å². The molecule has 0 spiro atoms. The van der Waals surface area contributed by atoms with Gasteiger partial charge in [-0.1, -0.05) is 24.3 Å². The van der Waals surface area contributed by atoms with Gasteiger partial charge in [0.15, 0.2) is 11.5 Å². The maximum Gasteiger partial charge on any atom is 0.229 e. The van der Waals surface area contributed by atoms with E-state index in [1.807, 2.05) is 53.4 Å². The van der Waals surface area contributed by atoms with Crippen molar-refractivity contribution in [2.75, 3.05) is 52.4 Å². The number of halogens is 1. The second kappa shape index (κ2) is 15.9. The number of likely N-dealkylation sites (tertiary alicyclic amines) is 2. The lowest BCUT2D eigenvalue weighted by atomic mass is 9.77. The Morgan fingerprint density at radius 2 is 1.66 bits per heavy atom. The van der Waals surface area contributed by atoms with Crippen molar-refractivity contribution in [1.29, 1.82) is 0 Å². The summed E-state index contributed by atoms with van der Waals surface area (Å²) in [5.74, 6) is 3.55. The van der Waals surface area contributed by atoms with E-state index in [0.717, 1.165) is 66.3 Å². The highest BCUT2D eigenvalue weighted by Crippen LogP contribution is 2.42. The third-order valence-corrected chi connectivity index (χ3v) is 10.9. The smallest absolute Gasteiger partial charge is 0.229 e. The number of piperidine rings is 1. The van der Waals surface area contributed by atoms with Crippen LogP contribution in [0.15, 0.2) is 77.2 Å². The number of aliphatic hydroxyl groups excluding tert-OH is 1. The zero-order chi connectivity index (χ0) is 37.0. The van der Waals surface area contributed by atoms with E-state index in [1.54, 1.807) is 33.5 Å². The van der Waals surface area contributed by atoms with Crippen molar-refractivity contribution in [3.63, 3.8) is 0 Å². The first-order valence-electron chi connectivity index (χ1n) is 18.3. The second-order valence-corrected chi connectivity index (χ2v) is 14.1. The molecular formula is C41H48FN5O6. The van der Waals surface area contributed by atoms with Crippen molar-refractivity contribution < 1.29 is 32.9 Å². The van der Waals surface area contributed by atoms with Gasteiger partial charge in [0.05, 0.1) is 44.3 Å². The number of hydrogen-bond donors (Lipinski definition) is 2. The van der Waals surface area contributed by atoms with Gasteiger partial charge in [-0.2, -0.15) is 0 Å². The van der Waals surface area contributed by atoms with Gasteiger partial charge in [-0.05, 0) is 98.3 Å². The summed E-state index contributed by atoms with van der Waals surface area (Å²) in [6, 6.07) is 22.3. The van der Waals surface area contributed by atoms with Crippen LogP contribution in [-0.4, -0.2) is 84.3 Å². The Kier molecular flexibility index (Phi) is 10.9. The molecule has 2 fully saturated rings. The molecule has 2 aliphatic heterocycles. The summed E-state index contributed by atoms with van der Waals surface area (Å²) in [7, 11) is 4.74. The monoisotopic (exact) mass is 725 g/mol. The third kappa shape index (κ3) is 7.84. The zero-order valence-corrected chi connectivity index (χ0v) is 30.6. The summed E-state index contributed by atoms with van der Waals surface area (Å²) in [5, 5.41) is 9.59. The summed E-state index contributed by atoms with van der Waals surface area (Å²) in [4.78, 5) is 29.6. The number of nitrogens with one attached hydrogen (secondary N) is 1. The fourth-order valence-corrected chi connectivity index (χ4v) is 8.01. The average Bonchev–Trinajstić information content (AvgIpc) is 3.91. The lowest BCUT2D eigenvalue weighted by Gasteiger charge is -2.39. The number of aliphatic hydroxyl groups is 1. The summed E-state index contributed by atoms with van der Waals surface area (Å²) < 4.78 is 36.5. The number of ether oxygens (including phenoxy) is 3. The summed E-state index contributed by atoms with van der Waals surface area (Å²) in [6.45, 7) is 3.95. The zero-order valence-electron chi connectivity index (χ0n) is 30.6. The highest BCUT2D eigenvalue weighted by Gasteiger charge is 2.46. The molecule has 0 saturated carbocycles. The topological polar surface area (TPSA) is 117 Å². The molecule has 1 atom stereocenters. The minimum Gasteiger partial charge on any atom is -0.493 e. The Labute approximate surface area is 309 Å². The van der Waals surface area contributed by atoms with Crippen molar-refractivity contribution in [2.24, 2.45) is 5.41 Å². The fourth-order valence-electron chi connectivity index (χ4n) is 8.01. The van der Waals surface area contributed by atoms with Gasteiger partial charge < -0.3 is 43.4 Å². The SMILES string of the molecule is COc1cc(CN2CCC(CCN3CCC(N(Cc4ccc(CO)o4)c4nc5ccccc5[nH]4)CC3)(Cc3ccc(F)cc3)C2=O)cc(OC)c1OC. The molecule has 2 aromatic heterocycles. The van der Waals surface area contributed by atoms with Crippen molar-refractivity contribution in [3.8, 4) is 17.2 Å². The normalized spacial score (nSPS) is 18.2. The number of imidazole rings is 1. The largest absolute Gasteiger partial charge is 0.493 e. The Hall–Kier alpha value is -5.07. The number of benzene rings is 3. The minimum atomic E-state index is -0.612. The highest BCUT2D eigenvalue weighted by molar-refractivity contribution is 5.85. The molecular weight excluding hydrogens is 677 g/mol. The van der Waals surface area contributed by atoms with Crippen LogP contribution in [0.3, 0.4) is 0 Å². The number of anilines is 1. The van der Waals surface area contributed by atoms with E-state index < -0.39 is 5.41 Å². The number of aromatic nitrogens is 2. The quantitative estimate of drug-likeness (QED) is 0.128. The number of carbonyl (C=O) groups excluding carboxylic acids is 1. The standard InChI is InChI=1S/C41H48FN5O6/c1-50-36-22-29(23-37(51-2)38(36)52-3)25-46-21-17-41(39(46)49,24-28-8-10-30(42)11-9-28)16-20-45-18-14-31(15-19-45)47(26-32-12-13-33(27-48)53-32)40-43-34-6-4-5-7-35(34)44-40/h4-13,22-23,31,48H,14-21,24-27H2,1-3H3,(H,43,44). The Morgan fingerprint density at radius 1 is 0.943 bits per heavy atom. The average molecular weight is 726 g/mol. The van der Waals surface area contributed by atoms with Gasteiger partial charge >= 0.3 is 0 Å². The summed E-state index contributed by atoms with van der Waals surface area (Å²) in [6.07, 6.45) is 3.78. The molecule has 280 valence electrons. The van der Waals surface area contributed by atoms with Crippen molar-refractivity contribution >= 4 is 22.9 Å². The van der Waals surface area contributed by atoms with Gasteiger partial charge in [0.1, 0.15) is 23.9 Å². The van der Waals surface area contributed by atoms with E-state index in [9.17, 15) is 14.3 Å². The number of para-hydroxylation sites is 2. The van der Waals surface area contributed by atoms with Gasteiger partial charge in [-0.25, -0.2) is 9.37 Å². The van der Waals surface area contributed by atoms with Gasteiger partial charge in [0, 0.05) is 32.2 Å². The van der Waals surface area contributed by atoms with Crippen LogP contribution in [0, 0.1) is 11.2 Å². The number of H-pyrrole nitrogens is 1. The van der Waals surface area contributed by atoms with Gasteiger partial charge in [0.2, 0.25) is 17.6 Å². The predicted octanol–water partition coefficient (Wildman–Crippen LogP) is 6.34. The van der Waals surface area contributed by atoms with Crippen LogP contribution in [0.5, 0.6) is 17.2 Å². The molecule has 4 heterocycles. The van der Waals surface area contributed by atoms with Crippen LogP contribution in [0.2, 0.25) is 0 Å². The molecule has 53 heavy (non-hydrogen) atoms. The molecule has 0 aliphatic carbocycles. The van der Waals surface area contributed by atoms with Gasteiger partial charge in [-0.3, -0.25) is 4.79 Å². The molecule has 2 aliphatic rings. The lowest BCUT2D eigenvalue weighted by molar-refractivity contribution is -0.137. The first kappa shape index (κ1) is 36.3. The number of aromatic amines is 1. The maximum absolute atomic E-state index is 14.5. The predicted molar refractivity (Wildman–Crippen MR) is 200 cm³/mol. The van der Waals surface area contributed by atoms with Crippen LogP contribution in [0.25, 0.3) is 11.0 Å². The number of carbonyl (C=O) groups is 1. The van der Waals surface area contributed by atoms with E-state index in [2.05, 4.69) is 14.8 Å². The number of rotatable bonds is 15. The second-order valence-electron chi connectivity index (χ2n) is 14.1. The third-order valence-electron chi connectivity index (χ3n) is 10.9. The molecule has 2 N–H and O–H groups in total. The molecule has 1 unspecified atom stereocenters. The number of hydrogen-bond acceptors (Lipinski definition) is 9. The molecule has 5 aromatic rings. The Morgan fingerprint density at radius 3 is 2.32 bits per heavy atom. The Bertz CT molecular complexity index is 1950. The lowest BCUT2D eigenvalue weighted by Crippen LogP contribution is -2.46. The molecule has 0 bridgehead atoms. The molecule has 12 heteroatoms. The summed E-state index contributed by atoms with van der Waals surface area (Å²) in [5.41, 5.74) is 3.12. The van der Waals surface area contributed by atoms with E-state index >= 15 is 0 Å². The van der Waals surface area contributed by atoms with Crippen LogP contribution >= 0.6 is 0 Å². The first-order valence-corrected chi connectivity index (χ1v) is 18.3. The first-order chi connectivity index (χ1) is 25.8. The van der Waals surface area contributed by atoms with Crippen LogP contribution in [0.1, 0.15) is 48.3 Å². The molecule has 11 nitrogen and oxygen atoms in total. The van der Waals surface area contributed by atoms with Crippen molar-refractivity contribution in [3.05, 3.63) is 101 Å². The van der Waals surface area contributed by atoms with Gasteiger partial charge in [0.25, 0.3) is 0 Å². The van der Waals surface area contributed by atoms with E-state index in [1.165, 1.54) is 12.1 Å². The number of methoxy groups -OCH3 is 3. The van der Waals surface area contributed by atoms with Crippen molar-refractivity contribution in [2.45, 2.75) is 57.8 Å². The minimum absolute atomic E-state index is 0.113.